The molecule has 0 saturated carbocycles. The van der Waals surface area contributed by atoms with Gasteiger partial charge in [0.05, 0.1) is 26.6 Å². The van der Waals surface area contributed by atoms with Crippen LogP contribution in [0.4, 0.5) is 0 Å². The molecule has 0 aliphatic rings. The molecule has 1 heterocycles. The lowest BCUT2D eigenvalue weighted by atomic mass is 10.2. The van der Waals surface area contributed by atoms with Crippen molar-refractivity contribution in [1.29, 1.82) is 0 Å². The molecule has 3 N–H and O–H groups in total. The molecule has 1 amide bonds. The predicted octanol–water partition coefficient (Wildman–Crippen LogP) is 1.61. The number of hydrogen-bond donors (Lipinski definition) is 2. The van der Waals surface area contributed by atoms with E-state index in [1.165, 1.54) is 6.26 Å². The Kier molecular flexibility index (Phi) is 4.75. The van der Waals surface area contributed by atoms with Gasteiger partial charge >= 0.3 is 5.91 Å². The lowest BCUT2D eigenvalue weighted by Crippen LogP contribution is -2.30. The van der Waals surface area contributed by atoms with Crippen LogP contribution in [-0.2, 0) is 18.0 Å². The average molecular weight is 276 g/mol. The molecule has 106 valence electrons. The summed E-state index contributed by atoms with van der Waals surface area (Å²) in [6.07, 6.45) is 1.43. The zero-order valence-corrected chi connectivity index (χ0v) is 11.1. The molecule has 0 aliphatic carbocycles. The summed E-state index contributed by atoms with van der Waals surface area (Å²) in [4.78, 5) is 11.4. The molecule has 0 unspecified atom stereocenters. The van der Waals surface area contributed by atoms with Crippen molar-refractivity contribution in [2.24, 2.45) is 5.84 Å². The highest BCUT2D eigenvalue weighted by molar-refractivity contribution is 5.92. The number of hydrazine groups is 1. The third kappa shape index (κ3) is 3.37. The summed E-state index contributed by atoms with van der Waals surface area (Å²) < 4.78 is 15.7. The van der Waals surface area contributed by atoms with E-state index >= 15 is 0 Å². The number of furan rings is 1. The fourth-order valence-corrected chi connectivity index (χ4v) is 1.71. The van der Waals surface area contributed by atoms with Gasteiger partial charge in [-0.25, -0.2) is 5.84 Å². The quantitative estimate of drug-likeness (QED) is 0.475. The molecule has 1 aromatic carbocycles. The number of rotatable bonds is 6. The molecule has 0 spiro atoms. The summed E-state index contributed by atoms with van der Waals surface area (Å²) in [6, 6.07) is 9.25. The van der Waals surface area contributed by atoms with Crippen LogP contribution >= 0.6 is 0 Å². The van der Waals surface area contributed by atoms with Gasteiger partial charge in [-0.1, -0.05) is 12.1 Å². The second kappa shape index (κ2) is 6.74. The molecule has 20 heavy (non-hydrogen) atoms. The first-order valence-corrected chi connectivity index (χ1v) is 6.02. The maximum absolute atomic E-state index is 11.4. The summed E-state index contributed by atoms with van der Waals surface area (Å²) in [5.41, 5.74) is 3.69. The molecule has 2 aromatic rings. The molecule has 0 atom stereocenters. The minimum absolute atomic E-state index is 0.169. The lowest BCUT2D eigenvalue weighted by molar-refractivity contribution is 0.0895. The summed E-state index contributed by atoms with van der Waals surface area (Å²) in [5.74, 6) is 5.56. The topological polar surface area (TPSA) is 86.7 Å². The van der Waals surface area contributed by atoms with Crippen LogP contribution in [0.1, 0.15) is 21.7 Å². The Balaban J connectivity index is 1.89. The molecule has 6 nitrogen and oxygen atoms in total. The van der Waals surface area contributed by atoms with Crippen LogP contribution in [0.15, 0.2) is 41.0 Å². The van der Waals surface area contributed by atoms with Crippen LogP contribution in [-0.4, -0.2) is 13.0 Å². The van der Waals surface area contributed by atoms with E-state index in [9.17, 15) is 4.79 Å². The number of nitrogens with two attached hydrogens (primary N) is 1. The van der Waals surface area contributed by atoms with Crippen LogP contribution in [0.25, 0.3) is 0 Å². The zero-order chi connectivity index (χ0) is 14.4. The van der Waals surface area contributed by atoms with Crippen LogP contribution in [0.2, 0.25) is 0 Å². The molecule has 1 aromatic heterocycles. The third-order valence-electron chi connectivity index (χ3n) is 2.77. The summed E-state index contributed by atoms with van der Waals surface area (Å²) in [7, 11) is 1.62. The van der Waals surface area contributed by atoms with Gasteiger partial charge < -0.3 is 13.9 Å². The van der Waals surface area contributed by atoms with E-state index in [0.717, 1.165) is 11.3 Å². The number of nitrogens with one attached hydrogen (secondary N) is 1. The van der Waals surface area contributed by atoms with E-state index in [1.807, 2.05) is 29.7 Å². The average Bonchev–Trinajstić information content (AvgIpc) is 2.95. The molecule has 0 fully saturated rings. The molecule has 6 heteroatoms. The minimum atomic E-state index is -0.474. The van der Waals surface area contributed by atoms with E-state index in [2.05, 4.69) is 0 Å². The number of carbonyl (C=O) groups excluding carboxylic acids is 1. The number of amides is 1. The first kappa shape index (κ1) is 14.1. The van der Waals surface area contributed by atoms with Crippen molar-refractivity contribution in [2.45, 2.75) is 13.2 Å². The number of benzene rings is 1. The highest BCUT2D eigenvalue weighted by atomic mass is 16.5. The van der Waals surface area contributed by atoms with Gasteiger partial charge in [-0.2, -0.15) is 0 Å². The predicted molar refractivity (Wildman–Crippen MR) is 71.8 cm³/mol. The van der Waals surface area contributed by atoms with Gasteiger partial charge in [0, 0.05) is 5.56 Å². The Bertz CT molecular complexity index is 563. The first-order chi connectivity index (χ1) is 9.74. The van der Waals surface area contributed by atoms with Crippen molar-refractivity contribution in [3.8, 4) is 5.75 Å². The van der Waals surface area contributed by atoms with Crippen molar-refractivity contribution < 1.29 is 18.7 Å². The van der Waals surface area contributed by atoms with Gasteiger partial charge in [-0.15, -0.1) is 0 Å². The SMILES string of the molecule is COc1ccc(COCc2ccoc2C(=O)NN)cc1. The van der Waals surface area contributed by atoms with Crippen molar-refractivity contribution in [1.82, 2.24) is 5.43 Å². The number of methoxy groups -OCH3 is 1. The largest absolute Gasteiger partial charge is 0.497 e. The summed E-state index contributed by atoms with van der Waals surface area (Å²) >= 11 is 0. The van der Waals surface area contributed by atoms with Crippen molar-refractivity contribution >= 4 is 5.91 Å². The number of hydrogen-bond acceptors (Lipinski definition) is 5. The molecular weight excluding hydrogens is 260 g/mol. The monoisotopic (exact) mass is 276 g/mol. The van der Waals surface area contributed by atoms with Crippen molar-refractivity contribution in [3.05, 3.63) is 53.5 Å². The fraction of sp³-hybridized carbons (Fsp3) is 0.214. The number of carbonyl (C=O) groups is 1. The smallest absolute Gasteiger partial charge is 0.301 e. The highest BCUT2D eigenvalue weighted by Gasteiger charge is 2.13. The molecule has 0 bridgehead atoms. The normalized spacial score (nSPS) is 10.3. The second-order valence-corrected chi connectivity index (χ2v) is 4.09. The van der Waals surface area contributed by atoms with E-state index in [4.69, 9.17) is 19.7 Å². The van der Waals surface area contributed by atoms with Gasteiger partial charge in [0.25, 0.3) is 0 Å². The Morgan fingerprint density at radius 3 is 2.65 bits per heavy atom. The third-order valence-corrected chi connectivity index (χ3v) is 2.77. The van der Waals surface area contributed by atoms with Gasteiger partial charge in [0.15, 0.2) is 5.76 Å². The number of nitrogen functional groups attached to an aromatic ring is 1. The second-order valence-electron chi connectivity index (χ2n) is 4.09. The van der Waals surface area contributed by atoms with Crippen molar-refractivity contribution in [3.63, 3.8) is 0 Å². The van der Waals surface area contributed by atoms with E-state index in [1.54, 1.807) is 13.2 Å². The maximum Gasteiger partial charge on any atom is 0.301 e. The summed E-state index contributed by atoms with van der Waals surface area (Å²) in [5, 5.41) is 0. The maximum atomic E-state index is 11.4. The molecule has 0 aliphatic heterocycles. The van der Waals surface area contributed by atoms with Gasteiger partial charge in [0.2, 0.25) is 0 Å². The number of ether oxygens (including phenoxy) is 2. The Morgan fingerprint density at radius 2 is 2.00 bits per heavy atom. The highest BCUT2D eigenvalue weighted by Crippen LogP contribution is 2.15. The Labute approximate surface area is 116 Å². The van der Waals surface area contributed by atoms with Gasteiger partial charge in [0.1, 0.15) is 5.75 Å². The van der Waals surface area contributed by atoms with Crippen LogP contribution < -0.4 is 16.0 Å². The van der Waals surface area contributed by atoms with Crippen LogP contribution in [0.3, 0.4) is 0 Å². The Hall–Kier alpha value is -2.31. The minimum Gasteiger partial charge on any atom is -0.497 e. The first-order valence-electron chi connectivity index (χ1n) is 6.02. The van der Waals surface area contributed by atoms with Gasteiger partial charge in [-0.3, -0.25) is 10.2 Å². The van der Waals surface area contributed by atoms with E-state index in [0.29, 0.717) is 12.2 Å². The summed E-state index contributed by atoms with van der Waals surface area (Å²) in [6.45, 7) is 0.699. The molecule has 2 rings (SSSR count). The van der Waals surface area contributed by atoms with E-state index in [-0.39, 0.29) is 12.4 Å². The lowest BCUT2D eigenvalue weighted by Gasteiger charge is -2.05. The van der Waals surface area contributed by atoms with Crippen LogP contribution in [0.5, 0.6) is 5.75 Å². The van der Waals surface area contributed by atoms with Crippen molar-refractivity contribution in [2.75, 3.05) is 7.11 Å². The van der Waals surface area contributed by atoms with E-state index < -0.39 is 5.91 Å². The standard InChI is InChI=1S/C14H16N2O4/c1-18-12-4-2-10(3-5-12)8-19-9-11-6-7-20-13(11)14(17)16-15/h2-7H,8-9,15H2,1H3,(H,16,17). The van der Waals surface area contributed by atoms with Crippen LogP contribution in [0, 0.1) is 0 Å². The Morgan fingerprint density at radius 1 is 1.25 bits per heavy atom. The van der Waals surface area contributed by atoms with Gasteiger partial charge in [-0.05, 0) is 23.8 Å². The molecule has 0 radical (unpaired) electrons. The molecule has 0 saturated heterocycles. The fourth-order valence-electron chi connectivity index (χ4n) is 1.71. The zero-order valence-electron chi connectivity index (χ0n) is 11.1. The molecular formula is C14H16N2O4.